The molecule has 0 amide bonds. The molecule has 1 heterocycles. The second-order valence-electron chi connectivity index (χ2n) is 4.29. The van der Waals surface area contributed by atoms with Crippen LogP contribution in [0.25, 0.3) is 0 Å². The molecule has 1 saturated carbocycles. The molecule has 3 atom stereocenters. The highest BCUT2D eigenvalue weighted by Crippen LogP contribution is 2.30. The molecule has 0 spiro atoms. The van der Waals surface area contributed by atoms with Gasteiger partial charge in [-0.2, -0.15) is 0 Å². The van der Waals surface area contributed by atoms with Gasteiger partial charge in [-0.05, 0) is 25.2 Å². The van der Waals surface area contributed by atoms with E-state index in [0.717, 1.165) is 25.6 Å². The molecule has 1 aliphatic carbocycles. The second-order valence-corrected chi connectivity index (χ2v) is 4.91. The highest BCUT2D eigenvalue weighted by atomic mass is 35.5. The molecule has 2 aliphatic rings. The summed E-state index contributed by atoms with van der Waals surface area (Å²) in [6.07, 6.45) is 5.11. The summed E-state index contributed by atoms with van der Waals surface area (Å²) in [5, 5.41) is 7.46. The average Bonchev–Trinajstić information content (AvgIpc) is 2.19. The quantitative estimate of drug-likeness (QED) is 0.628. The third-order valence-corrected chi connectivity index (χ3v) is 3.69. The Labute approximate surface area is 85.4 Å². The van der Waals surface area contributed by atoms with E-state index in [-0.39, 0.29) is 0 Å². The van der Waals surface area contributed by atoms with Gasteiger partial charge in [-0.1, -0.05) is 6.42 Å². The van der Waals surface area contributed by atoms with Crippen molar-refractivity contribution >= 4 is 11.6 Å². The van der Waals surface area contributed by atoms with E-state index in [4.69, 9.17) is 11.6 Å². The van der Waals surface area contributed by atoms with Gasteiger partial charge in [0.1, 0.15) is 0 Å². The Morgan fingerprint density at radius 2 is 2.08 bits per heavy atom. The van der Waals surface area contributed by atoms with Crippen LogP contribution in [-0.4, -0.2) is 31.1 Å². The van der Waals surface area contributed by atoms with E-state index >= 15 is 0 Å². The van der Waals surface area contributed by atoms with Crippen molar-refractivity contribution in [3.8, 4) is 0 Å². The maximum atomic E-state index is 6.18. The molecule has 2 nitrogen and oxygen atoms in total. The third kappa shape index (κ3) is 2.58. The summed E-state index contributed by atoms with van der Waals surface area (Å²) >= 11 is 6.18. The lowest BCUT2D eigenvalue weighted by Gasteiger charge is -2.35. The molecule has 0 aromatic carbocycles. The lowest BCUT2D eigenvalue weighted by Crippen LogP contribution is -2.52. The van der Waals surface area contributed by atoms with Crippen LogP contribution in [0.2, 0.25) is 0 Å². The number of hydrogen-bond donors (Lipinski definition) is 2. The monoisotopic (exact) mass is 202 g/mol. The van der Waals surface area contributed by atoms with Gasteiger partial charge in [-0.15, -0.1) is 11.6 Å². The van der Waals surface area contributed by atoms with Crippen LogP contribution in [0.15, 0.2) is 0 Å². The highest BCUT2D eigenvalue weighted by Gasteiger charge is 2.27. The minimum absolute atomic E-state index is 0.433. The minimum atomic E-state index is 0.433. The molecule has 2 N–H and O–H groups in total. The van der Waals surface area contributed by atoms with E-state index in [1.165, 1.54) is 25.7 Å². The lowest BCUT2D eigenvalue weighted by atomic mass is 9.83. The molecule has 1 saturated heterocycles. The molecular weight excluding hydrogens is 184 g/mol. The number of hydrogen-bond acceptors (Lipinski definition) is 2. The second kappa shape index (κ2) is 4.63. The standard InChI is InChI=1S/C10H19ClN2/c11-9-3-1-2-8(6-9)10-7-12-4-5-13-10/h8-10,12-13H,1-7H2. The zero-order valence-corrected chi connectivity index (χ0v) is 8.82. The predicted molar refractivity (Wildman–Crippen MR) is 56.3 cm³/mol. The molecule has 13 heavy (non-hydrogen) atoms. The van der Waals surface area contributed by atoms with Crippen LogP contribution in [0.4, 0.5) is 0 Å². The summed E-state index contributed by atoms with van der Waals surface area (Å²) < 4.78 is 0. The Bertz CT molecular complexity index is 157. The van der Waals surface area contributed by atoms with Gasteiger partial charge in [0, 0.05) is 31.1 Å². The summed E-state index contributed by atoms with van der Waals surface area (Å²) in [7, 11) is 0. The first-order valence-electron chi connectivity index (χ1n) is 5.44. The summed E-state index contributed by atoms with van der Waals surface area (Å²) in [5.74, 6) is 0.809. The van der Waals surface area contributed by atoms with Crippen molar-refractivity contribution in [3.63, 3.8) is 0 Å². The molecule has 0 bridgehead atoms. The van der Waals surface area contributed by atoms with Gasteiger partial charge in [-0.3, -0.25) is 0 Å². The minimum Gasteiger partial charge on any atom is -0.314 e. The first kappa shape index (κ1) is 9.75. The van der Waals surface area contributed by atoms with Gasteiger partial charge in [0.25, 0.3) is 0 Å². The fourth-order valence-corrected chi connectivity index (χ4v) is 2.92. The van der Waals surface area contributed by atoms with Crippen molar-refractivity contribution < 1.29 is 0 Å². The van der Waals surface area contributed by atoms with Crippen molar-refractivity contribution in [2.75, 3.05) is 19.6 Å². The summed E-state index contributed by atoms with van der Waals surface area (Å²) in [6, 6.07) is 0.676. The zero-order chi connectivity index (χ0) is 9.10. The Balaban J connectivity index is 1.83. The van der Waals surface area contributed by atoms with E-state index in [0.29, 0.717) is 11.4 Å². The summed E-state index contributed by atoms with van der Waals surface area (Å²) in [5.41, 5.74) is 0. The Morgan fingerprint density at radius 3 is 2.77 bits per heavy atom. The Morgan fingerprint density at radius 1 is 1.15 bits per heavy atom. The van der Waals surface area contributed by atoms with Crippen LogP contribution in [0, 0.1) is 5.92 Å². The Hall–Kier alpha value is 0.210. The van der Waals surface area contributed by atoms with Gasteiger partial charge in [-0.25, -0.2) is 0 Å². The number of rotatable bonds is 1. The van der Waals surface area contributed by atoms with Crippen LogP contribution in [0.1, 0.15) is 25.7 Å². The number of piperazine rings is 1. The maximum Gasteiger partial charge on any atom is 0.0339 e. The predicted octanol–water partition coefficient (Wildman–Crippen LogP) is 1.35. The smallest absolute Gasteiger partial charge is 0.0339 e. The largest absolute Gasteiger partial charge is 0.314 e. The van der Waals surface area contributed by atoms with E-state index in [2.05, 4.69) is 10.6 Å². The third-order valence-electron chi connectivity index (χ3n) is 3.29. The molecule has 3 unspecified atom stereocenters. The van der Waals surface area contributed by atoms with E-state index in [1.807, 2.05) is 0 Å². The van der Waals surface area contributed by atoms with Gasteiger partial charge in [0.2, 0.25) is 0 Å². The highest BCUT2D eigenvalue weighted by molar-refractivity contribution is 6.20. The molecule has 0 aromatic heterocycles. The van der Waals surface area contributed by atoms with Gasteiger partial charge >= 0.3 is 0 Å². The van der Waals surface area contributed by atoms with E-state index in [9.17, 15) is 0 Å². The molecule has 3 heteroatoms. The van der Waals surface area contributed by atoms with E-state index in [1.54, 1.807) is 0 Å². The summed E-state index contributed by atoms with van der Waals surface area (Å²) in [6.45, 7) is 3.37. The van der Waals surface area contributed by atoms with Crippen molar-refractivity contribution in [1.29, 1.82) is 0 Å². The molecule has 0 radical (unpaired) electrons. The molecule has 0 aromatic rings. The topological polar surface area (TPSA) is 24.1 Å². The number of alkyl halides is 1. The average molecular weight is 203 g/mol. The van der Waals surface area contributed by atoms with Crippen molar-refractivity contribution in [3.05, 3.63) is 0 Å². The Kier molecular flexibility index (Phi) is 3.47. The number of nitrogens with one attached hydrogen (secondary N) is 2. The normalized spacial score (nSPS) is 41.8. The van der Waals surface area contributed by atoms with E-state index < -0.39 is 0 Å². The fraction of sp³-hybridized carbons (Fsp3) is 1.00. The first-order valence-corrected chi connectivity index (χ1v) is 5.88. The molecule has 2 fully saturated rings. The van der Waals surface area contributed by atoms with Crippen molar-refractivity contribution in [1.82, 2.24) is 10.6 Å². The van der Waals surface area contributed by atoms with Gasteiger partial charge in [0.15, 0.2) is 0 Å². The SMILES string of the molecule is ClC1CCCC(C2CNCCN2)C1. The molecule has 1 aliphatic heterocycles. The van der Waals surface area contributed by atoms with Crippen LogP contribution in [0.5, 0.6) is 0 Å². The summed E-state index contributed by atoms with van der Waals surface area (Å²) in [4.78, 5) is 0. The fourth-order valence-electron chi connectivity index (χ4n) is 2.54. The first-order chi connectivity index (χ1) is 6.36. The van der Waals surface area contributed by atoms with Crippen LogP contribution in [0.3, 0.4) is 0 Å². The van der Waals surface area contributed by atoms with Crippen LogP contribution < -0.4 is 10.6 Å². The van der Waals surface area contributed by atoms with Crippen LogP contribution >= 0.6 is 11.6 Å². The van der Waals surface area contributed by atoms with Crippen molar-refractivity contribution in [2.45, 2.75) is 37.1 Å². The van der Waals surface area contributed by atoms with Crippen LogP contribution in [-0.2, 0) is 0 Å². The lowest BCUT2D eigenvalue weighted by molar-refractivity contribution is 0.247. The van der Waals surface area contributed by atoms with Gasteiger partial charge in [0.05, 0.1) is 0 Å². The van der Waals surface area contributed by atoms with Gasteiger partial charge < -0.3 is 10.6 Å². The number of halogens is 1. The molecular formula is C10H19ClN2. The van der Waals surface area contributed by atoms with Crippen molar-refractivity contribution in [2.24, 2.45) is 5.92 Å². The molecule has 76 valence electrons. The zero-order valence-electron chi connectivity index (χ0n) is 8.06. The maximum absolute atomic E-state index is 6.18. The molecule has 2 rings (SSSR count).